The molecule has 0 saturated carbocycles. The average Bonchev–Trinajstić information content (AvgIpc) is 2.70. The largest absolute Gasteiger partial charge is 0.475 e. The molecule has 2 rings (SSSR count). The van der Waals surface area contributed by atoms with Gasteiger partial charge in [-0.05, 0) is 41.1 Å². The fraction of sp³-hybridized carbons (Fsp3) is 0.154. The van der Waals surface area contributed by atoms with E-state index in [1.165, 1.54) is 6.07 Å². The van der Waals surface area contributed by atoms with Crippen molar-refractivity contribution in [3.8, 4) is 0 Å². The Hall–Kier alpha value is -1.82. The van der Waals surface area contributed by atoms with Gasteiger partial charge in [0, 0.05) is 10.0 Å². The molecule has 0 bridgehead atoms. The molecule has 2 N–H and O–H groups in total. The summed E-state index contributed by atoms with van der Waals surface area (Å²) in [4.78, 5) is 10.8. The van der Waals surface area contributed by atoms with Gasteiger partial charge in [0.1, 0.15) is 11.6 Å². The summed E-state index contributed by atoms with van der Waals surface area (Å²) in [5, 5.41) is 11.7. The number of furan rings is 1. The molecule has 19 heavy (non-hydrogen) atoms. The maximum atomic E-state index is 13.5. The Labute approximate surface area is 117 Å². The van der Waals surface area contributed by atoms with Gasteiger partial charge in [0.2, 0.25) is 5.76 Å². The van der Waals surface area contributed by atoms with E-state index >= 15 is 0 Å². The lowest BCUT2D eigenvalue weighted by atomic mass is 10.2. The summed E-state index contributed by atoms with van der Waals surface area (Å²) in [5.74, 6) is -1.17. The van der Waals surface area contributed by atoms with Gasteiger partial charge in [0.25, 0.3) is 0 Å². The Balaban J connectivity index is 2.15. The maximum Gasteiger partial charge on any atom is 0.372 e. The number of benzene rings is 1. The monoisotopic (exact) mass is 327 g/mol. The molecule has 1 heterocycles. The first kappa shape index (κ1) is 13.6. The van der Waals surface area contributed by atoms with Crippen LogP contribution in [0.3, 0.4) is 0 Å². The van der Waals surface area contributed by atoms with Crippen LogP contribution in [0.1, 0.15) is 21.9 Å². The molecular formula is C13H11BrFNO3. The summed E-state index contributed by atoms with van der Waals surface area (Å²) in [6.07, 6.45) is 0. The number of nitrogens with one attached hydrogen (secondary N) is 1. The van der Waals surface area contributed by atoms with E-state index in [0.29, 0.717) is 21.5 Å². The van der Waals surface area contributed by atoms with Gasteiger partial charge >= 0.3 is 5.97 Å². The van der Waals surface area contributed by atoms with Crippen molar-refractivity contribution in [2.75, 3.05) is 5.32 Å². The van der Waals surface area contributed by atoms with E-state index in [9.17, 15) is 9.18 Å². The molecule has 0 aliphatic carbocycles. The average molecular weight is 328 g/mol. The SMILES string of the molecule is Cc1cc(CNc2c(F)cccc2Br)oc1C(=O)O. The number of rotatable bonds is 4. The van der Waals surface area contributed by atoms with Crippen LogP contribution in [0.15, 0.2) is 33.2 Å². The Kier molecular flexibility index (Phi) is 3.90. The van der Waals surface area contributed by atoms with E-state index in [0.717, 1.165) is 0 Å². The minimum atomic E-state index is -1.11. The van der Waals surface area contributed by atoms with Crippen LogP contribution in [0.25, 0.3) is 0 Å². The molecule has 0 fully saturated rings. The van der Waals surface area contributed by atoms with Crippen molar-refractivity contribution in [3.05, 3.63) is 51.6 Å². The Morgan fingerprint density at radius 3 is 2.84 bits per heavy atom. The molecule has 0 atom stereocenters. The van der Waals surface area contributed by atoms with Gasteiger partial charge in [0.15, 0.2) is 0 Å². The number of aryl methyl sites for hydroxylation is 1. The third-order valence-electron chi connectivity index (χ3n) is 2.57. The summed E-state index contributed by atoms with van der Waals surface area (Å²) < 4.78 is 19.3. The molecule has 0 aliphatic rings. The van der Waals surface area contributed by atoms with Gasteiger partial charge in [-0.1, -0.05) is 6.07 Å². The second kappa shape index (κ2) is 5.44. The third kappa shape index (κ3) is 2.96. The van der Waals surface area contributed by atoms with E-state index in [-0.39, 0.29) is 12.3 Å². The van der Waals surface area contributed by atoms with Crippen LogP contribution in [-0.2, 0) is 6.54 Å². The zero-order chi connectivity index (χ0) is 14.0. The Morgan fingerprint density at radius 1 is 1.53 bits per heavy atom. The number of hydrogen-bond acceptors (Lipinski definition) is 3. The van der Waals surface area contributed by atoms with Gasteiger partial charge in [-0.15, -0.1) is 0 Å². The topological polar surface area (TPSA) is 62.5 Å². The number of para-hydroxylation sites is 1. The zero-order valence-corrected chi connectivity index (χ0v) is 11.6. The number of halogens is 2. The maximum absolute atomic E-state index is 13.5. The first-order chi connectivity index (χ1) is 8.99. The highest BCUT2D eigenvalue weighted by Gasteiger charge is 2.14. The quantitative estimate of drug-likeness (QED) is 0.896. The van der Waals surface area contributed by atoms with Gasteiger partial charge in [-0.2, -0.15) is 0 Å². The molecule has 4 nitrogen and oxygen atoms in total. The number of carbonyl (C=O) groups is 1. The van der Waals surface area contributed by atoms with Crippen molar-refractivity contribution in [3.63, 3.8) is 0 Å². The molecule has 0 spiro atoms. The van der Waals surface area contributed by atoms with Crippen molar-refractivity contribution in [2.45, 2.75) is 13.5 Å². The Morgan fingerprint density at radius 2 is 2.26 bits per heavy atom. The highest BCUT2D eigenvalue weighted by Crippen LogP contribution is 2.26. The number of carboxylic acid groups (broad SMARTS) is 1. The summed E-state index contributed by atoms with van der Waals surface area (Å²) in [6, 6.07) is 6.25. The van der Waals surface area contributed by atoms with Crippen molar-refractivity contribution < 1.29 is 18.7 Å². The molecule has 2 aromatic rings. The molecule has 0 aliphatic heterocycles. The van der Waals surface area contributed by atoms with Crippen LogP contribution in [0, 0.1) is 12.7 Å². The number of carboxylic acids is 1. The van der Waals surface area contributed by atoms with Gasteiger partial charge in [-0.25, -0.2) is 9.18 Å². The molecule has 1 aromatic carbocycles. The van der Waals surface area contributed by atoms with Crippen LogP contribution < -0.4 is 5.32 Å². The minimum absolute atomic E-state index is 0.0931. The van der Waals surface area contributed by atoms with E-state index in [2.05, 4.69) is 21.2 Å². The lowest BCUT2D eigenvalue weighted by molar-refractivity contribution is 0.0659. The molecular weight excluding hydrogens is 317 g/mol. The molecule has 0 amide bonds. The molecule has 6 heteroatoms. The van der Waals surface area contributed by atoms with Crippen LogP contribution in [0.5, 0.6) is 0 Å². The van der Waals surface area contributed by atoms with Gasteiger partial charge in [-0.3, -0.25) is 0 Å². The minimum Gasteiger partial charge on any atom is -0.475 e. The second-order valence-electron chi connectivity index (χ2n) is 3.98. The second-order valence-corrected chi connectivity index (χ2v) is 4.83. The third-order valence-corrected chi connectivity index (χ3v) is 3.23. The first-order valence-corrected chi connectivity index (χ1v) is 6.29. The predicted octanol–water partition coefficient (Wildman–Crippen LogP) is 3.80. The highest BCUT2D eigenvalue weighted by atomic mass is 79.9. The predicted molar refractivity (Wildman–Crippen MR) is 71.8 cm³/mol. The number of anilines is 1. The van der Waals surface area contributed by atoms with Crippen LogP contribution in [0.2, 0.25) is 0 Å². The van der Waals surface area contributed by atoms with Crippen LogP contribution in [0.4, 0.5) is 10.1 Å². The van der Waals surface area contributed by atoms with Crippen molar-refractivity contribution in [1.29, 1.82) is 0 Å². The molecule has 100 valence electrons. The summed E-state index contributed by atoms with van der Waals surface area (Å²) in [7, 11) is 0. The fourth-order valence-electron chi connectivity index (χ4n) is 1.69. The number of hydrogen-bond donors (Lipinski definition) is 2. The van der Waals surface area contributed by atoms with Gasteiger partial charge < -0.3 is 14.8 Å². The summed E-state index contributed by atoms with van der Waals surface area (Å²) in [5.41, 5.74) is 0.852. The first-order valence-electron chi connectivity index (χ1n) is 5.49. The molecule has 0 saturated heterocycles. The zero-order valence-electron chi connectivity index (χ0n) is 10.0. The lowest BCUT2D eigenvalue weighted by Gasteiger charge is -2.07. The van der Waals surface area contributed by atoms with Crippen molar-refractivity contribution in [1.82, 2.24) is 0 Å². The van der Waals surface area contributed by atoms with E-state index in [4.69, 9.17) is 9.52 Å². The lowest BCUT2D eigenvalue weighted by Crippen LogP contribution is -2.01. The highest BCUT2D eigenvalue weighted by molar-refractivity contribution is 9.10. The normalized spacial score (nSPS) is 10.5. The molecule has 0 radical (unpaired) electrons. The Bertz CT molecular complexity index is 604. The standard InChI is InChI=1S/C13H11BrFNO3/c1-7-5-8(19-12(7)13(17)18)6-16-11-9(14)3-2-4-10(11)15/h2-5,16H,6H2,1H3,(H,17,18). The van der Waals surface area contributed by atoms with Crippen molar-refractivity contribution >= 4 is 27.6 Å². The summed E-state index contributed by atoms with van der Waals surface area (Å²) >= 11 is 3.24. The van der Waals surface area contributed by atoms with E-state index in [1.54, 1.807) is 25.1 Å². The summed E-state index contributed by atoms with van der Waals surface area (Å²) in [6.45, 7) is 1.85. The van der Waals surface area contributed by atoms with Crippen LogP contribution >= 0.6 is 15.9 Å². The molecule has 0 unspecified atom stereocenters. The smallest absolute Gasteiger partial charge is 0.372 e. The fourth-order valence-corrected chi connectivity index (χ4v) is 2.17. The van der Waals surface area contributed by atoms with Crippen LogP contribution in [-0.4, -0.2) is 11.1 Å². The number of aromatic carboxylic acids is 1. The molecule has 1 aromatic heterocycles. The van der Waals surface area contributed by atoms with Crippen molar-refractivity contribution in [2.24, 2.45) is 0 Å². The van der Waals surface area contributed by atoms with E-state index < -0.39 is 11.8 Å². The van der Waals surface area contributed by atoms with E-state index in [1.807, 2.05) is 0 Å². The van der Waals surface area contributed by atoms with Gasteiger partial charge in [0.05, 0.1) is 12.2 Å².